The van der Waals surface area contributed by atoms with Crippen molar-refractivity contribution in [3.05, 3.63) is 143 Å². The summed E-state index contributed by atoms with van der Waals surface area (Å²) in [6.45, 7) is 31.5. The van der Waals surface area contributed by atoms with Crippen molar-refractivity contribution >= 4 is 28.4 Å². The average molecular weight is 934 g/mol. The summed E-state index contributed by atoms with van der Waals surface area (Å²) in [6.07, 6.45) is 14.3. The van der Waals surface area contributed by atoms with Crippen LogP contribution in [0.3, 0.4) is 0 Å². The van der Waals surface area contributed by atoms with Crippen molar-refractivity contribution in [3.63, 3.8) is 0 Å². The number of benzene rings is 5. The summed E-state index contributed by atoms with van der Waals surface area (Å²) in [5.74, 6) is 1.02. The molecule has 0 saturated heterocycles. The van der Waals surface area contributed by atoms with Crippen LogP contribution in [0.5, 0.6) is 5.75 Å². The molecule has 5 heterocycles. The predicted octanol–water partition coefficient (Wildman–Crippen LogP) is 15.2. The number of ether oxygens (including phenoxy) is 1. The predicted molar refractivity (Wildman–Crippen MR) is 302 cm³/mol. The normalized spacial score (nSPS) is 16.3. The molecule has 10 rings (SSSR count). The summed E-state index contributed by atoms with van der Waals surface area (Å²) >= 11 is 0. The number of aryl methyl sites for hydroxylation is 5. The Kier molecular flexibility index (Phi) is 20.7. The third-order valence-corrected chi connectivity index (χ3v) is 14.5. The molecule has 0 fully saturated rings. The van der Waals surface area contributed by atoms with Gasteiger partial charge >= 0.3 is 0 Å². The van der Waals surface area contributed by atoms with Crippen molar-refractivity contribution in [3.8, 4) is 5.75 Å². The van der Waals surface area contributed by atoms with Crippen LogP contribution >= 0.6 is 0 Å². The summed E-state index contributed by atoms with van der Waals surface area (Å²) in [4.78, 5) is 12.5. The topological polar surface area (TPSA) is 25.4 Å². The molecule has 0 amide bonds. The van der Waals surface area contributed by atoms with Crippen molar-refractivity contribution < 1.29 is 4.74 Å². The maximum Gasteiger partial charge on any atom is 0.142 e. The molecule has 0 spiro atoms. The van der Waals surface area contributed by atoms with Gasteiger partial charge in [0.25, 0.3) is 0 Å². The van der Waals surface area contributed by atoms with E-state index in [9.17, 15) is 0 Å². The lowest BCUT2D eigenvalue weighted by molar-refractivity contribution is 0.303. The Labute approximate surface area is 421 Å². The van der Waals surface area contributed by atoms with Crippen molar-refractivity contribution in [2.45, 2.75) is 177 Å². The van der Waals surface area contributed by atoms with Crippen LogP contribution in [0, 0.1) is 6.92 Å². The van der Waals surface area contributed by atoms with E-state index in [1.165, 1.54) is 153 Å². The Hall–Kier alpha value is -5.10. The Morgan fingerprint density at radius 3 is 1.16 bits per heavy atom. The monoisotopic (exact) mass is 934 g/mol. The van der Waals surface area contributed by atoms with Gasteiger partial charge in [0, 0.05) is 79.1 Å². The fraction of sp³-hybridized carbons (Fsp3) is 0.524. The van der Waals surface area contributed by atoms with E-state index in [4.69, 9.17) is 4.74 Å². The molecule has 0 atom stereocenters. The first kappa shape index (κ1) is 53.3. The molecule has 5 aliphatic rings. The van der Waals surface area contributed by atoms with Crippen LogP contribution in [0.1, 0.15) is 142 Å². The lowest BCUT2D eigenvalue weighted by atomic mass is 9.99. The minimum atomic E-state index is 0.546. The van der Waals surface area contributed by atoms with Crippen molar-refractivity contribution in [1.82, 2.24) is 0 Å². The standard InChI is InChI=1S/C14H21N.2C13H19N.C12H17N.C11H15NO/c1-12(2)15-11-7-3-4-8-13-9-5-6-10-14(13)15;1-10(2)14-8-4-5-12-7-6-11(3)9-13(12)14;1-11(2)14-10-6-5-8-12-7-3-4-9-13(12)14;1-10(2)13-9-5-7-11-6-3-4-8-12(11)13;1-9(2)12-7-8-13-11-6-4-3-5-10(11)12/h5-6,9-10,12H,3-4,7-8,11H2,1-2H3;6-7,9-10H,4-5,8H2,1-3H3;3-4,7,9,11H,5-6,8,10H2,1-2H3;3-4,6,8,10H,5,7,9H2,1-2H3;3-6,9H,7-8H2,1-2H3. The highest BCUT2D eigenvalue weighted by molar-refractivity contribution is 5.61. The molecule has 0 aliphatic carbocycles. The van der Waals surface area contributed by atoms with E-state index < -0.39 is 0 Å². The van der Waals surface area contributed by atoms with E-state index in [1.807, 2.05) is 12.1 Å². The minimum Gasteiger partial charge on any atom is -0.490 e. The second kappa shape index (κ2) is 26.8. The van der Waals surface area contributed by atoms with Crippen molar-refractivity contribution in [1.29, 1.82) is 0 Å². The third kappa shape index (κ3) is 15.0. The molecule has 0 unspecified atom stereocenters. The third-order valence-electron chi connectivity index (χ3n) is 14.5. The lowest BCUT2D eigenvalue weighted by Crippen LogP contribution is -2.37. The number of fused-ring (bicyclic) bond motifs is 5. The maximum atomic E-state index is 5.56. The highest BCUT2D eigenvalue weighted by Gasteiger charge is 2.22. The van der Waals surface area contributed by atoms with Crippen LogP contribution in [0.25, 0.3) is 0 Å². The summed E-state index contributed by atoms with van der Waals surface area (Å²) in [6, 6.07) is 44.6. The molecule has 374 valence electrons. The van der Waals surface area contributed by atoms with Gasteiger partial charge in [0.1, 0.15) is 12.4 Å². The maximum absolute atomic E-state index is 5.56. The molecule has 0 saturated carbocycles. The van der Waals surface area contributed by atoms with Crippen LogP contribution in [0.15, 0.2) is 115 Å². The zero-order valence-electron chi connectivity index (χ0n) is 45.0. The molecule has 5 aliphatic heterocycles. The van der Waals surface area contributed by atoms with Gasteiger partial charge in [0.05, 0.1) is 12.2 Å². The van der Waals surface area contributed by atoms with E-state index >= 15 is 0 Å². The second-order valence-electron chi connectivity index (χ2n) is 21.2. The minimum absolute atomic E-state index is 0.546. The van der Waals surface area contributed by atoms with Crippen molar-refractivity contribution in [2.75, 3.05) is 63.8 Å². The van der Waals surface area contributed by atoms with E-state index in [1.54, 1.807) is 0 Å². The average Bonchev–Trinajstić information content (AvgIpc) is 3.57. The van der Waals surface area contributed by atoms with Gasteiger partial charge in [-0.15, -0.1) is 0 Å². The summed E-state index contributed by atoms with van der Waals surface area (Å²) in [7, 11) is 0. The quantitative estimate of drug-likeness (QED) is 0.174. The summed E-state index contributed by atoms with van der Waals surface area (Å²) < 4.78 is 5.56. The van der Waals surface area contributed by atoms with Crippen molar-refractivity contribution in [2.24, 2.45) is 0 Å². The van der Waals surface area contributed by atoms with Crippen LogP contribution in [0.2, 0.25) is 0 Å². The number of nitrogens with zero attached hydrogens (tertiary/aromatic N) is 5. The van der Waals surface area contributed by atoms with Gasteiger partial charge in [-0.1, -0.05) is 85.3 Å². The molecule has 0 N–H and O–H groups in total. The Morgan fingerprint density at radius 2 is 0.681 bits per heavy atom. The number of rotatable bonds is 5. The first-order valence-electron chi connectivity index (χ1n) is 27.2. The number of para-hydroxylation sites is 5. The van der Waals surface area contributed by atoms with Gasteiger partial charge in [-0.2, -0.15) is 0 Å². The largest absolute Gasteiger partial charge is 0.490 e. The van der Waals surface area contributed by atoms with Crippen LogP contribution in [-0.4, -0.2) is 69.5 Å². The van der Waals surface area contributed by atoms with Gasteiger partial charge in [0.2, 0.25) is 0 Å². The van der Waals surface area contributed by atoms with Gasteiger partial charge in [0.15, 0.2) is 0 Å². The van der Waals surface area contributed by atoms with E-state index in [2.05, 4.69) is 204 Å². The van der Waals surface area contributed by atoms with Gasteiger partial charge in [-0.3, -0.25) is 0 Å². The lowest BCUT2D eigenvalue weighted by Gasteiger charge is -2.34. The summed E-state index contributed by atoms with van der Waals surface area (Å²) in [5, 5.41) is 0. The number of hydrogen-bond acceptors (Lipinski definition) is 6. The van der Waals surface area contributed by atoms with E-state index in [0.717, 1.165) is 18.9 Å². The zero-order valence-corrected chi connectivity index (χ0v) is 45.0. The molecule has 5 aromatic carbocycles. The second-order valence-corrected chi connectivity index (χ2v) is 21.2. The molecule has 0 radical (unpaired) electrons. The van der Waals surface area contributed by atoms with Crippen LogP contribution in [0.4, 0.5) is 28.4 Å². The number of hydrogen-bond donors (Lipinski definition) is 0. The molecule has 6 nitrogen and oxygen atoms in total. The summed E-state index contributed by atoms with van der Waals surface area (Å²) in [5.41, 5.74) is 14.5. The molecule has 0 bridgehead atoms. The molecule has 5 aromatic rings. The van der Waals surface area contributed by atoms with Crippen LogP contribution in [-0.2, 0) is 25.7 Å². The highest BCUT2D eigenvalue weighted by Crippen LogP contribution is 2.33. The Balaban J connectivity index is 0.000000142. The fourth-order valence-electron chi connectivity index (χ4n) is 10.8. The van der Waals surface area contributed by atoms with Gasteiger partial charge < -0.3 is 29.2 Å². The highest BCUT2D eigenvalue weighted by atomic mass is 16.5. The Morgan fingerprint density at radius 1 is 0.333 bits per heavy atom. The first-order chi connectivity index (χ1) is 33.3. The SMILES string of the molecule is CC(C)N1CCCCCc2ccccc21.CC(C)N1CCCCc2ccccc21.CC(C)N1CCCc2ccccc21.CC(C)N1CCOc2ccccc21.Cc1ccc2c(c1)N(C(C)C)CCC2. The number of anilines is 5. The first-order valence-corrected chi connectivity index (χ1v) is 27.2. The van der Waals surface area contributed by atoms with Gasteiger partial charge in [-0.05, 0) is 205 Å². The fourth-order valence-corrected chi connectivity index (χ4v) is 10.8. The molecule has 6 heteroatoms. The molecular formula is C63H91N5O. The van der Waals surface area contributed by atoms with Crippen LogP contribution < -0.4 is 29.2 Å². The van der Waals surface area contributed by atoms with E-state index in [-0.39, 0.29) is 0 Å². The smallest absolute Gasteiger partial charge is 0.142 e. The molecule has 0 aromatic heterocycles. The molecule has 69 heavy (non-hydrogen) atoms. The molecular weight excluding hydrogens is 843 g/mol. The van der Waals surface area contributed by atoms with Gasteiger partial charge in [-0.25, -0.2) is 0 Å². The van der Waals surface area contributed by atoms with E-state index in [0.29, 0.717) is 30.2 Å². The Bertz CT molecular complexity index is 2220. The zero-order chi connectivity index (χ0) is 49.3.